The lowest BCUT2D eigenvalue weighted by atomic mass is 9.87. The molecule has 0 aliphatic carbocycles. The summed E-state index contributed by atoms with van der Waals surface area (Å²) >= 11 is 0. The molecule has 1 aromatic heterocycles. The zero-order valence-electron chi connectivity index (χ0n) is 19.0. The highest BCUT2D eigenvalue weighted by Gasteiger charge is 2.34. The van der Waals surface area contributed by atoms with Gasteiger partial charge in [0.15, 0.2) is 18.1 Å². The Morgan fingerprint density at radius 3 is 2.88 bits per heavy atom. The molecule has 0 saturated heterocycles. The van der Waals surface area contributed by atoms with Crippen molar-refractivity contribution in [3.63, 3.8) is 0 Å². The van der Waals surface area contributed by atoms with Crippen LogP contribution < -0.4 is 19.5 Å². The number of methoxy groups -OCH3 is 1. The Hall–Kier alpha value is -3.94. The molecule has 2 amide bonds. The van der Waals surface area contributed by atoms with Crippen LogP contribution in [0.4, 0.5) is 0 Å². The largest absolute Gasteiger partial charge is 0.494 e. The molecule has 2 N–H and O–H groups in total. The Morgan fingerprint density at radius 2 is 2.06 bits per heavy atom. The molecule has 3 aliphatic heterocycles. The molecule has 1 unspecified atom stereocenters. The van der Waals surface area contributed by atoms with E-state index in [-0.39, 0.29) is 24.5 Å². The fraction of sp³-hybridized carbons (Fsp3) is 0.308. The van der Waals surface area contributed by atoms with E-state index < -0.39 is 0 Å². The number of hydrogen-bond donors (Lipinski definition) is 2. The number of carbonyl (C=O) groups is 2. The minimum atomic E-state index is -0.331. The number of H-pyrrole nitrogens is 1. The Bertz CT molecular complexity index is 1190. The van der Waals surface area contributed by atoms with E-state index in [1.807, 2.05) is 47.4 Å². The molecule has 176 valence electrons. The summed E-state index contributed by atoms with van der Waals surface area (Å²) in [5, 5.41) is 2.85. The maximum absolute atomic E-state index is 13.5. The van der Waals surface area contributed by atoms with Crippen molar-refractivity contribution in [2.24, 2.45) is 0 Å². The Labute approximate surface area is 197 Å². The van der Waals surface area contributed by atoms with Crippen LogP contribution in [0, 0.1) is 0 Å². The number of aromatic nitrogens is 1. The molecule has 1 atom stereocenters. The van der Waals surface area contributed by atoms with Crippen molar-refractivity contribution < 1.29 is 23.8 Å². The number of amides is 2. The number of nitrogens with one attached hydrogen (secondary N) is 2. The van der Waals surface area contributed by atoms with Gasteiger partial charge in [-0.25, -0.2) is 0 Å². The molecule has 34 heavy (non-hydrogen) atoms. The van der Waals surface area contributed by atoms with Crippen LogP contribution in [0.25, 0.3) is 0 Å². The number of aromatic amines is 1. The van der Waals surface area contributed by atoms with Gasteiger partial charge in [0.2, 0.25) is 0 Å². The van der Waals surface area contributed by atoms with Gasteiger partial charge in [-0.3, -0.25) is 9.59 Å². The number of nitrogens with zero attached hydrogens (tertiary/aromatic N) is 1. The van der Waals surface area contributed by atoms with Gasteiger partial charge in [-0.15, -0.1) is 0 Å². The third-order valence-electron chi connectivity index (χ3n) is 6.19. The van der Waals surface area contributed by atoms with E-state index in [9.17, 15) is 9.59 Å². The average Bonchev–Trinajstić information content (AvgIpc) is 3.40. The van der Waals surface area contributed by atoms with Crippen molar-refractivity contribution >= 4 is 11.8 Å². The third-order valence-corrected chi connectivity index (χ3v) is 6.19. The van der Waals surface area contributed by atoms with E-state index in [0.29, 0.717) is 49.7 Å². The van der Waals surface area contributed by atoms with E-state index in [1.165, 1.54) is 0 Å². The monoisotopic (exact) mass is 461 g/mol. The van der Waals surface area contributed by atoms with Crippen LogP contribution in [0.2, 0.25) is 0 Å². The first-order valence-corrected chi connectivity index (χ1v) is 11.4. The predicted octanol–water partition coefficient (Wildman–Crippen LogP) is 3.09. The quantitative estimate of drug-likeness (QED) is 0.612. The first kappa shape index (κ1) is 21.9. The van der Waals surface area contributed by atoms with Crippen molar-refractivity contribution in [3.8, 4) is 17.2 Å². The molecule has 0 fully saturated rings. The second-order valence-electron chi connectivity index (χ2n) is 8.35. The summed E-state index contributed by atoms with van der Waals surface area (Å²) in [5.74, 6) is 1.49. The van der Waals surface area contributed by atoms with Crippen LogP contribution in [0.5, 0.6) is 17.2 Å². The average molecular weight is 462 g/mol. The van der Waals surface area contributed by atoms with E-state index in [0.717, 1.165) is 22.4 Å². The van der Waals surface area contributed by atoms with Gasteiger partial charge >= 0.3 is 0 Å². The molecule has 0 saturated carbocycles. The molecule has 0 radical (unpaired) electrons. The lowest BCUT2D eigenvalue weighted by Crippen LogP contribution is -2.41. The van der Waals surface area contributed by atoms with Crippen molar-refractivity contribution in [1.82, 2.24) is 15.2 Å². The topological polar surface area (TPSA) is 92.9 Å². The number of fused-ring (bicyclic) bond motifs is 8. The molecule has 3 aliphatic rings. The van der Waals surface area contributed by atoms with E-state index in [4.69, 9.17) is 14.2 Å². The first-order chi connectivity index (χ1) is 16.6. The van der Waals surface area contributed by atoms with Crippen molar-refractivity contribution in [3.05, 3.63) is 77.1 Å². The summed E-state index contributed by atoms with van der Waals surface area (Å²) < 4.78 is 17.4. The summed E-state index contributed by atoms with van der Waals surface area (Å²) in [6.07, 6.45) is 3.07. The van der Waals surface area contributed by atoms with Gasteiger partial charge in [-0.1, -0.05) is 12.1 Å². The highest BCUT2D eigenvalue weighted by molar-refractivity contribution is 5.93. The van der Waals surface area contributed by atoms with Crippen molar-refractivity contribution in [2.75, 3.05) is 33.4 Å². The molecule has 3 aromatic rings. The predicted molar refractivity (Wildman–Crippen MR) is 125 cm³/mol. The maximum atomic E-state index is 13.5. The number of ether oxygens (including phenoxy) is 3. The highest BCUT2D eigenvalue weighted by atomic mass is 16.5. The van der Waals surface area contributed by atoms with Crippen LogP contribution in [-0.2, 0) is 11.2 Å². The van der Waals surface area contributed by atoms with Gasteiger partial charge < -0.3 is 29.4 Å². The van der Waals surface area contributed by atoms with Crippen LogP contribution in [0.1, 0.15) is 39.6 Å². The summed E-state index contributed by atoms with van der Waals surface area (Å²) in [4.78, 5) is 30.6. The molecular weight excluding hydrogens is 434 g/mol. The summed E-state index contributed by atoms with van der Waals surface area (Å²) in [7, 11) is 1.57. The summed E-state index contributed by atoms with van der Waals surface area (Å²) in [6, 6.07) is 15.0. The van der Waals surface area contributed by atoms with Crippen molar-refractivity contribution in [2.45, 2.75) is 18.9 Å². The van der Waals surface area contributed by atoms with E-state index in [1.54, 1.807) is 19.4 Å². The lowest BCUT2D eigenvalue weighted by molar-refractivity contribution is -0.123. The number of rotatable bonds is 2. The maximum Gasteiger partial charge on any atom is 0.271 e. The molecule has 2 aromatic carbocycles. The van der Waals surface area contributed by atoms with Crippen LogP contribution >= 0.6 is 0 Å². The van der Waals surface area contributed by atoms with Gasteiger partial charge in [-0.05, 0) is 65.9 Å². The first-order valence-electron chi connectivity index (χ1n) is 11.4. The second kappa shape index (κ2) is 9.51. The number of carbonyl (C=O) groups excluding carboxylic acids is 2. The van der Waals surface area contributed by atoms with Gasteiger partial charge in [0, 0.05) is 19.3 Å². The number of benzene rings is 2. The molecule has 0 spiro atoms. The van der Waals surface area contributed by atoms with Gasteiger partial charge in [-0.2, -0.15) is 0 Å². The molecule has 6 rings (SSSR count). The van der Waals surface area contributed by atoms with Gasteiger partial charge in [0.1, 0.15) is 11.4 Å². The smallest absolute Gasteiger partial charge is 0.271 e. The molecule has 8 nitrogen and oxygen atoms in total. The lowest BCUT2D eigenvalue weighted by Gasteiger charge is -2.38. The Morgan fingerprint density at radius 1 is 1.15 bits per heavy atom. The fourth-order valence-electron chi connectivity index (χ4n) is 4.55. The van der Waals surface area contributed by atoms with E-state index >= 15 is 0 Å². The van der Waals surface area contributed by atoms with Gasteiger partial charge in [0.05, 0.1) is 19.8 Å². The van der Waals surface area contributed by atoms with Crippen LogP contribution in [0.3, 0.4) is 0 Å². The zero-order valence-corrected chi connectivity index (χ0v) is 19.0. The second-order valence-corrected chi connectivity index (χ2v) is 8.35. The zero-order chi connectivity index (χ0) is 23.5. The summed E-state index contributed by atoms with van der Waals surface area (Å²) in [6.45, 7) is 1.39. The minimum Gasteiger partial charge on any atom is -0.494 e. The Balaban J connectivity index is 1.63. The normalized spacial score (nSPS) is 18.0. The standard InChI is InChI=1S/C26H27N3O5/c1-32-22-15-20-17-8-11-29(26(31)21-7-3-9-27-21)25(20)18-5-2-6-19(13-18)33-12-4-10-28-24(30)16-34-23(22)14-17/h2-3,5-7,9,13-15,25,27H,4,8,10-12,16H2,1H3,(H,28,30). The minimum absolute atomic E-state index is 0.0719. The van der Waals surface area contributed by atoms with Crippen LogP contribution in [-0.4, -0.2) is 55.1 Å². The molecular formula is C26H27N3O5. The van der Waals surface area contributed by atoms with Crippen molar-refractivity contribution in [1.29, 1.82) is 0 Å². The molecule has 6 bridgehead atoms. The molecule has 4 heterocycles. The summed E-state index contributed by atoms with van der Waals surface area (Å²) in [5.41, 5.74) is 3.51. The van der Waals surface area contributed by atoms with E-state index in [2.05, 4.69) is 10.3 Å². The number of hydrogen-bond acceptors (Lipinski definition) is 5. The van der Waals surface area contributed by atoms with Crippen LogP contribution in [0.15, 0.2) is 54.7 Å². The fourth-order valence-corrected chi connectivity index (χ4v) is 4.55. The third kappa shape index (κ3) is 4.31. The van der Waals surface area contributed by atoms with Gasteiger partial charge in [0.25, 0.3) is 11.8 Å². The SMILES string of the molecule is COc1cc2c3cc1OCC(=O)NCCCOc1cccc(c1)C2N(C(=O)c1ccc[nH]1)CC3. The highest BCUT2D eigenvalue weighted by Crippen LogP contribution is 2.42. The molecule has 8 heteroatoms. The Kier molecular flexibility index (Phi) is 6.12.